The van der Waals surface area contributed by atoms with Crippen LogP contribution in [0.3, 0.4) is 0 Å². The van der Waals surface area contributed by atoms with Gasteiger partial charge in [0.2, 0.25) is 11.8 Å². The Bertz CT molecular complexity index is 1040. The number of hydrogen-bond donors (Lipinski definition) is 1. The Balaban J connectivity index is 1.37. The summed E-state index contributed by atoms with van der Waals surface area (Å²) in [6.07, 6.45) is 1.11. The van der Waals surface area contributed by atoms with Crippen LogP contribution in [0.5, 0.6) is 0 Å². The maximum absolute atomic E-state index is 12.7. The molecule has 32 heavy (non-hydrogen) atoms. The first kappa shape index (κ1) is 22.1. The van der Waals surface area contributed by atoms with E-state index in [4.69, 9.17) is 17.3 Å². The lowest BCUT2D eigenvalue weighted by Gasteiger charge is -2.36. The summed E-state index contributed by atoms with van der Waals surface area (Å²) in [7, 11) is 0. The summed E-state index contributed by atoms with van der Waals surface area (Å²) in [5.74, 6) is -0.00650. The van der Waals surface area contributed by atoms with Crippen molar-refractivity contribution in [3.8, 4) is 0 Å². The van der Waals surface area contributed by atoms with Crippen molar-refractivity contribution in [2.75, 3.05) is 49.1 Å². The minimum Gasteiger partial charge on any atom is -0.369 e. The fourth-order valence-corrected chi connectivity index (χ4v) is 4.41. The molecule has 2 aliphatic rings. The number of anilines is 2. The zero-order valence-corrected chi connectivity index (χ0v) is 18.6. The first-order valence-corrected chi connectivity index (χ1v) is 11.2. The highest BCUT2D eigenvalue weighted by Crippen LogP contribution is 2.22. The van der Waals surface area contributed by atoms with Crippen molar-refractivity contribution in [1.82, 2.24) is 14.7 Å². The van der Waals surface area contributed by atoms with E-state index in [1.54, 1.807) is 11.0 Å². The standard InChI is InChI=1S/C22H27ClN6O3/c23-17-2-1-3-18(14-17)26-10-12-27(13-11-26)19-4-5-20(30)29(25-19)15-21(31)28-8-6-16(7-9-28)22(24)32/h1-5,14,16H,6-13,15H2,(H2,24,32). The van der Waals surface area contributed by atoms with Gasteiger partial charge < -0.3 is 20.4 Å². The molecule has 2 fully saturated rings. The third-order valence-corrected chi connectivity index (χ3v) is 6.40. The highest BCUT2D eigenvalue weighted by Gasteiger charge is 2.26. The van der Waals surface area contributed by atoms with Crippen molar-refractivity contribution in [2.45, 2.75) is 19.4 Å². The normalized spacial score (nSPS) is 17.5. The number of carbonyl (C=O) groups is 2. The Labute approximate surface area is 191 Å². The summed E-state index contributed by atoms with van der Waals surface area (Å²) in [5, 5.41) is 5.17. The second-order valence-electron chi connectivity index (χ2n) is 8.20. The highest BCUT2D eigenvalue weighted by atomic mass is 35.5. The lowest BCUT2D eigenvalue weighted by Crippen LogP contribution is -2.47. The van der Waals surface area contributed by atoms with Crippen molar-refractivity contribution in [2.24, 2.45) is 11.7 Å². The monoisotopic (exact) mass is 458 g/mol. The van der Waals surface area contributed by atoms with Gasteiger partial charge >= 0.3 is 0 Å². The Morgan fingerprint density at radius 1 is 1.00 bits per heavy atom. The SMILES string of the molecule is NC(=O)C1CCN(C(=O)Cn2nc(N3CCN(c4cccc(Cl)c4)CC3)ccc2=O)CC1. The molecule has 4 rings (SSSR count). The van der Waals surface area contributed by atoms with Gasteiger partial charge in [0.1, 0.15) is 12.4 Å². The molecule has 3 heterocycles. The maximum atomic E-state index is 12.7. The van der Waals surface area contributed by atoms with Crippen LogP contribution < -0.4 is 21.1 Å². The molecule has 0 aliphatic carbocycles. The molecule has 2 aliphatic heterocycles. The zero-order chi connectivity index (χ0) is 22.7. The van der Waals surface area contributed by atoms with E-state index in [0.29, 0.717) is 36.8 Å². The zero-order valence-electron chi connectivity index (χ0n) is 17.8. The van der Waals surface area contributed by atoms with Crippen LogP contribution in [0.15, 0.2) is 41.2 Å². The molecule has 0 radical (unpaired) electrons. The number of piperazine rings is 1. The molecule has 0 bridgehead atoms. The largest absolute Gasteiger partial charge is 0.369 e. The van der Waals surface area contributed by atoms with E-state index < -0.39 is 0 Å². The molecule has 0 spiro atoms. The lowest BCUT2D eigenvalue weighted by molar-refractivity contribution is -0.135. The summed E-state index contributed by atoms with van der Waals surface area (Å²) in [6.45, 7) is 3.90. The van der Waals surface area contributed by atoms with Crippen molar-refractivity contribution >= 4 is 34.9 Å². The second kappa shape index (κ2) is 9.60. The van der Waals surface area contributed by atoms with Crippen LogP contribution in [0, 0.1) is 5.92 Å². The number of carbonyl (C=O) groups excluding carboxylic acids is 2. The van der Waals surface area contributed by atoms with Crippen LogP contribution in [0.25, 0.3) is 0 Å². The average molecular weight is 459 g/mol. The van der Waals surface area contributed by atoms with E-state index in [1.165, 1.54) is 10.7 Å². The first-order chi connectivity index (χ1) is 15.4. The fourth-order valence-electron chi connectivity index (χ4n) is 4.23. The molecule has 1 aromatic carbocycles. The third-order valence-electron chi connectivity index (χ3n) is 6.16. The Morgan fingerprint density at radius 3 is 2.34 bits per heavy atom. The number of likely N-dealkylation sites (tertiary alicyclic amines) is 1. The van der Waals surface area contributed by atoms with Crippen molar-refractivity contribution in [3.05, 3.63) is 51.8 Å². The number of amides is 2. The maximum Gasteiger partial charge on any atom is 0.267 e. The minimum atomic E-state index is -0.321. The first-order valence-electron chi connectivity index (χ1n) is 10.8. The molecule has 2 saturated heterocycles. The molecule has 170 valence electrons. The molecule has 9 nitrogen and oxygen atoms in total. The molecule has 2 aromatic rings. The van der Waals surface area contributed by atoms with Crippen LogP contribution in [-0.2, 0) is 16.1 Å². The Morgan fingerprint density at radius 2 is 1.69 bits per heavy atom. The van der Waals surface area contributed by atoms with Gasteiger partial charge in [-0.25, -0.2) is 4.68 Å². The molecule has 0 unspecified atom stereocenters. The van der Waals surface area contributed by atoms with Crippen LogP contribution in [0.4, 0.5) is 11.5 Å². The number of rotatable bonds is 5. The Kier molecular flexibility index (Phi) is 6.64. The van der Waals surface area contributed by atoms with Crippen LogP contribution in [-0.4, -0.2) is 65.8 Å². The molecular weight excluding hydrogens is 432 g/mol. The number of aromatic nitrogens is 2. The van der Waals surface area contributed by atoms with Gasteiger partial charge in [0, 0.05) is 62.0 Å². The third kappa shape index (κ3) is 5.04. The molecule has 2 N–H and O–H groups in total. The van der Waals surface area contributed by atoms with E-state index in [1.807, 2.05) is 24.3 Å². The fraction of sp³-hybridized carbons (Fsp3) is 0.455. The predicted molar refractivity (Wildman–Crippen MR) is 123 cm³/mol. The number of halogens is 1. The van der Waals surface area contributed by atoms with E-state index in [-0.39, 0.29) is 29.8 Å². The smallest absolute Gasteiger partial charge is 0.267 e. The van der Waals surface area contributed by atoms with Crippen molar-refractivity contribution in [1.29, 1.82) is 0 Å². The number of primary amides is 1. The number of benzene rings is 1. The quantitative estimate of drug-likeness (QED) is 0.715. The van der Waals surface area contributed by atoms with Crippen LogP contribution in [0.1, 0.15) is 12.8 Å². The highest BCUT2D eigenvalue weighted by molar-refractivity contribution is 6.30. The van der Waals surface area contributed by atoms with Gasteiger partial charge in [-0.3, -0.25) is 14.4 Å². The summed E-state index contributed by atoms with van der Waals surface area (Å²) < 4.78 is 1.22. The van der Waals surface area contributed by atoms with Crippen LogP contribution in [0.2, 0.25) is 5.02 Å². The predicted octanol–water partition coefficient (Wildman–Crippen LogP) is 0.947. The molecule has 1 aromatic heterocycles. The molecule has 2 amide bonds. The van der Waals surface area contributed by atoms with Gasteiger partial charge in [-0.1, -0.05) is 17.7 Å². The summed E-state index contributed by atoms with van der Waals surface area (Å²) in [6, 6.07) is 10.9. The van der Waals surface area contributed by atoms with E-state index in [2.05, 4.69) is 14.9 Å². The summed E-state index contributed by atoms with van der Waals surface area (Å²) in [5.41, 5.74) is 6.13. The van der Waals surface area contributed by atoms with Crippen molar-refractivity contribution in [3.63, 3.8) is 0 Å². The number of hydrogen-bond acceptors (Lipinski definition) is 6. The molecule has 10 heteroatoms. The van der Waals surface area contributed by atoms with Gasteiger partial charge in [-0.05, 0) is 37.1 Å². The minimum absolute atomic E-state index is 0.115. The molecule has 0 atom stereocenters. The topological polar surface area (TPSA) is 105 Å². The summed E-state index contributed by atoms with van der Waals surface area (Å²) >= 11 is 6.11. The van der Waals surface area contributed by atoms with Gasteiger partial charge in [0.05, 0.1) is 0 Å². The molecule has 0 saturated carbocycles. The Hall–Kier alpha value is -3.07. The number of nitrogens with zero attached hydrogens (tertiary/aromatic N) is 5. The second-order valence-corrected chi connectivity index (χ2v) is 8.64. The van der Waals surface area contributed by atoms with E-state index in [0.717, 1.165) is 31.9 Å². The van der Waals surface area contributed by atoms with Gasteiger partial charge in [0.25, 0.3) is 5.56 Å². The van der Waals surface area contributed by atoms with Gasteiger partial charge in [0.15, 0.2) is 0 Å². The van der Waals surface area contributed by atoms with Crippen LogP contribution >= 0.6 is 11.6 Å². The lowest BCUT2D eigenvalue weighted by atomic mass is 9.96. The number of nitrogens with two attached hydrogens (primary N) is 1. The van der Waals surface area contributed by atoms with E-state index in [9.17, 15) is 14.4 Å². The number of piperidine rings is 1. The summed E-state index contributed by atoms with van der Waals surface area (Å²) in [4.78, 5) is 42.4. The van der Waals surface area contributed by atoms with Gasteiger partial charge in [-0.2, -0.15) is 5.10 Å². The molecular formula is C22H27ClN6O3. The van der Waals surface area contributed by atoms with Crippen molar-refractivity contribution < 1.29 is 9.59 Å². The van der Waals surface area contributed by atoms with Gasteiger partial charge in [-0.15, -0.1) is 0 Å². The van der Waals surface area contributed by atoms with E-state index >= 15 is 0 Å². The average Bonchev–Trinajstić information content (AvgIpc) is 2.80.